The predicted molar refractivity (Wildman–Crippen MR) is 69.8 cm³/mol. The van der Waals surface area contributed by atoms with Gasteiger partial charge in [0, 0.05) is 18.7 Å². The maximum Gasteiger partial charge on any atom is 0.333 e. The van der Waals surface area contributed by atoms with Gasteiger partial charge in [-0.2, -0.15) is 0 Å². The molecule has 1 rings (SSSR count). The molecule has 0 aliphatic carbocycles. The molecule has 0 amide bonds. The van der Waals surface area contributed by atoms with E-state index in [0.29, 0.717) is 5.57 Å². The van der Waals surface area contributed by atoms with Gasteiger partial charge in [-0.25, -0.2) is 4.79 Å². The zero-order valence-electron chi connectivity index (χ0n) is 11.5. The number of likely N-dealkylation sites (tertiary alicyclic amines) is 1. The first kappa shape index (κ1) is 14.2. The van der Waals surface area contributed by atoms with E-state index < -0.39 is 0 Å². The first-order chi connectivity index (χ1) is 8.04. The van der Waals surface area contributed by atoms with Crippen LogP contribution in [0, 0.1) is 11.8 Å². The Hall–Kier alpha value is -0.830. The standard InChI is InChI=1S/C14H25NO2/c1-11(2)13-6-5-8-15(10-13)9-7-12(3)14(16)17-4/h7,11,13H,5-6,8-10H2,1-4H3. The van der Waals surface area contributed by atoms with Crippen LogP contribution in [-0.2, 0) is 9.53 Å². The fourth-order valence-corrected chi connectivity index (χ4v) is 2.31. The summed E-state index contributed by atoms with van der Waals surface area (Å²) in [7, 11) is 1.43. The van der Waals surface area contributed by atoms with Gasteiger partial charge in [-0.05, 0) is 38.1 Å². The number of nitrogens with zero attached hydrogens (tertiary/aromatic N) is 1. The molecule has 1 heterocycles. The van der Waals surface area contributed by atoms with Gasteiger partial charge in [0.05, 0.1) is 7.11 Å². The first-order valence-electron chi connectivity index (χ1n) is 6.52. The third-order valence-corrected chi connectivity index (χ3v) is 3.65. The molecule has 0 saturated carbocycles. The predicted octanol–water partition coefficient (Wildman–Crippen LogP) is 2.47. The highest BCUT2D eigenvalue weighted by atomic mass is 16.5. The largest absolute Gasteiger partial charge is 0.466 e. The first-order valence-corrected chi connectivity index (χ1v) is 6.52. The Kier molecular flexibility index (Phi) is 5.69. The molecular formula is C14H25NO2. The molecule has 0 spiro atoms. The third kappa shape index (κ3) is 4.50. The van der Waals surface area contributed by atoms with Crippen LogP contribution in [0.25, 0.3) is 0 Å². The smallest absolute Gasteiger partial charge is 0.333 e. The number of rotatable bonds is 4. The fraction of sp³-hybridized carbons (Fsp3) is 0.786. The third-order valence-electron chi connectivity index (χ3n) is 3.65. The molecule has 17 heavy (non-hydrogen) atoms. The highest BCUT2D eigenvalue weighted by Gasteiger charge is 2.21. The average Bonchev–Trinajstić information content (AvgIpc) is 2.35. The van der Waals surface area contributed by atoms with Gasteiger partial charge in [0.15, 0.2) is 0 Å². The van der Waals surface area contributed by atoms with Crippen molar-refractivity contribution >= 4 is 5.97 Å². The number of ether oxygens (including phenoxy) is 1. The highest BCUT2D eigenvalue weighted by molar-refractivity contribution is 5.87. The van der Waals surface area contributed by atoms with E-state index in [1.807, 2.05) is 13.0 Å². The summed E-state index contributed by atoms with van der Waals surface area (Å²) in [5.41, 5.74) is 0.708. The summed E-state index contributed by atoms with van der Waals surface area (Å²) < 4.78 is 4.69. The second kappa shape index (κ2) is 6.80. The van der Waals surface area contributed by atoms with Crippen molar-refractivity contribution in [3.05, 3.63) is 11.6 Å². The summed E-state index contributed by atoms with van der Waals surface area (Å²) in [6.45, 7) is 9.57. The lowest BCUT2D eigenvalue weighted by molar-refractivity contribution is -0.136. The number of carbonyl (C=O) groups is 1. The Morgan fingerprint density at radius 1 is 1.53 bits per heavy atom. The summed E-state index contributed by atoms with van der Waals surface area (Å²) in [6, 6.07) is 0. The summed E-state index contributed by atoms with van der Waals surface area (Å²) in [5, 5.41) is 0. The molecular weight excluding hydrogens is 214 g/mol. The minimum Gasteiger partial charge on any atom is -0.466 e. The van der Waals surface area contributed by atoms with Gasteiger partial charge in [-0.1, -0.05) is 19.9 Å². The van der Waals surface area contributed by atoms with E-state index in [0.717, 1.165) is 31.5 Å². The molecule has 0 aromatic heterocycles. The molecule has 0 aromatic rings. The van der Waals surface area contributed by atoms with Crippen LogP contribution < -0.4 is 0 Å². The molecule has 1 aliphatic rings. The molecule has 0 bridgehead atoms. The SMILES string of the molecule is COC(=O)C(C)=CCN1CCCC(C(C)C)C1. The second-order valence-electron chi connectivity index (χ2n) is 5.28. The van der Waals surface area contributed by atoms with Crippen LogP contribution in [0.4, 0.5) is 0 Å². The normalized spacial score (nSPS) is 22.9. The Bertz CT molecular complexity index is 284. The van der Waals surface area contributed by atoms with E-state index in [4.69, 9.17) is 0 Å². The number of carbonyl (C=O) groups excluding carboxylic acids is 1. The summed E-state index contributed by atoms with van der Waals surface area (Å²) >= 11 is 0. The lowest BCUT2D eigenvalue weighted by Crippen LogP contribution is -2.37. The molecule has 1 unspecified atom stereocenters. The van der Waals surface area contributed by atoms with Crippen LogP contribution in [0.1, 0.15) is 33.6 Å². The van der Waals surface area contributed by atoms with Gasteiger partial charge in [0.1, 0.15) is 0 Å². The molecule has 1 atom stereocenters. The quantitative estimate of drug-likeness (QED) is 0.557. The zero-order chi connectivity index (χ0) is 12.8. The van der Waals surface area contributed by atoms with E-state index in [-0.39, 0.29) is 5.97 Å². The van der Waals surface area contributed by atoms with Gasteiger partial charge < -0.3 is 4.74 Å². The minimum absolute atomic E-state index is 0.220. The van der Waals surface area contributed by atoms with E-state index in [1.54, 1.807) is 0 Å². The van der Waals surface area contributed by atoms with Crippen LogP contribution >= 0.6 is 0 Å². The summed E-state index contributed by atoms with van der Waals surface area (Å²) in [6.07, 6.45) is 4.59. The Balaban J connectivity index is 2.44. The lowest BCUT2D eigenvalue weighted by atomic mass is 9.88. The van der Waals surface area contributed by atoms with Crippen molar-refractivity contribution in [3.8, 4) is 0 Å². The average molecular weight is 239 g/mol. The van der Waals surface area contributed by atoms with Crippen molar-refractivity contribution in [3.63, 3.8) is 0 Å². The maximum absolute atomic E-state index is 11.2. The van der Waals surface area contributed by atoms with Crippen LogP contribution in [-0.4, -0.2) is 37.6 Å². The van der Waals surface area contributed by atoms with Crippen molar-refractivity contribution in [1.29, 1.82) is 0 Å². The Morgan fingerprint density at radius 3 is 2.82 bits per heavy atom. The molecule has 1 fully saturated rings. The van der Waals surface area contributed by atoms with Gasteiger partial charge in [0.2, 0.25) is 0 Å². The number of hydrogen-bond acceptors (Lipinski definition) is 3. The lowest BCUT2D eigenvalue weighted by Gasteiger charge is -2.34. The molecule has 1 saturated heterocycles. The zero-order valence-corrected chi connectivity index (χ0v) is 11.5. The maximum atomic E-state index is 11.2. The van der Waals surface area contributed by atoms with Crippen molar-refractivity contribution < 1.29 is 9.53 Å². The molecule has 0 radical (unpaired) electrons. The fourth-order valence-electron chi connectivity index (χ4n) is 2.31. The number of esters is 1. The Morgan fingerprint density at radius 2 is 2.24 bits per heavy atom. The van der Waals surface area contributed by atoms with E-state index in [1.165, 1.54) is 20.0 Å². The molecule has 0 N–H and O–H groups in total. The minimum atomic E-state index is -0.220. The molecule has 0 aromatic carbocycles. The number of methoxy groups -OCH3 is 1. The molecule has 3 nitrogen and oxygen atoms in total. The van der Waals surface area contributed by atoms with Gasteiger partial charge in [0.25, 0.3) is 0 Å². The number of piperidine rings is 1. The van der Waals surface area contributed by atoms with Crippen LogP contribution in [0.15, 0.2) is 11.6 Å². The number of hydrogen-bond donors (Lipinski definition) is 0. The van der Waals surface area contributed by atoms with Crippen molar-refractivity contribution in [2.75, 3.05) is 26.7 Å². The van der Waals surface area contributed by atoms with E-state index in [9.17, 15) is 4.79 Å². The van der Waals surface area contributed by atoms with Gasteiger partial charge in [-0.15, -0.1) is 0 Å². The monoisotopic (exact) mass is 239 g/mol. The van der Waals surface area contributed by atoms with Crippen LogP contribution in [0.2, 0.25) is 0 Å². The summed E-state index contributed by atoms with van der Waals surface area (Å²) in [4.78, 5) is 13.7. The van der Waals surface area contributed by atoms with Gasteiger partial charge >= 0.3 is 5.97 Å². The van der Waals surface area contributed by atoms with E-state index in [2.05, 4.69) is 23.5 Å². The van der Waals surface area contributed by atoms with Gasteiger partial charge in [-0.3, -0.25) is 4.90 Å². The molecule has 98 valence electrons. The van der Waals surface area contributed by atoms with Crippen LogP contribution in [0.3, 0.4) is 0 Å². The van der Waals surface area contributed by atoms with Crippen molar-refractivity contribution in [1.82, 2.24) is 4.90 Å². The van der Waals surface area contributed by atoms with Crippen molar-refractivity contribution in [2.45, 2.75) is 33.6 Å². The summed E-state index contributed by atoms with van der Waals surface area (Å²) in [5.74, 6) is 1.33. The highest BCUT2D eigenvalue weighted by Crippen LogP contribution is 2.23. The second-order valence-corrected chi connectivity index (χ2v) is 5.28. The Labute approximate surface area is 105 Å². The molecule has 1 aliphatic heterocycles. The van der Waals surface area contributed by atoms with E-state index >= 15 is 0 Å². The molecule has 3 heteroatoms. The van der Waals surface area contributed by atoms with Crippen molar-refractivity contribution in [2.24, 2.45) is 11.8 Å². The van der Waals surface area contributed by atoms with Crippen LogP contribution in [0.5, 0.6) is 0 Å². The topological polar surface area (TPSA) is 29.5 Å².